The SMILES string of the molecule is Cc1ccc(N)c(O)c1.Nc1ccc(-c2ccccc2)cc1O. The molecule has 4 heteroatoms. The van der Waals surface area contributed by atoms with Crippen LogP contribution in [0.3, 0.4) is 0 Å². The van der Waals surface area contributed by atoms with Crippen LogP contribution in [0, 0.1) is 6.92 Å². The Bertz CT molecular complexity index is 787. The minimum Gasteiger partial charge on any atom is -0.506 e. The molecule has 3 rings (SSSR count). The Morgan fingerprint density at radius 2 is 1.22 bits per heavy atom. The molecular formula is C19H20N2O2. The molecule has 0 aliphatic rings. The lowest BCUT2D eigenvalue weighted by Crippen LogP contribution is -1.85. The topological polar surface area (TPSA) is 92.5 Å². The molecule has 3 aromatic rings. The van der Waals surface area contributed by atoms with E-state index in [4.69, 9.17) is 16.6 Å². The number of rotatable bonds is 1. The fourth-order valence-corrected chi connectivity index (χ4v) is 2.01. The van der Waals surface area contributed by atoms with Crippen LogP contribution >= 0.6 is 0 Å². The van der Waals surface area contributed by atoms with Gasteiger partial charge < -0.3 is 21.7 Å². The third-order valence-electron chi connectivity index (χ3n) is 3.32. The number of benzene rings is 3. The van der Waals surface area contributed by atoms with Crippen LogP contribution in [0.2, 0.25) is 0 Å². The van der Waals surface area contributed by atoms with E-state index in [-0.39, 0.29) is 11.5 Å². The molecule has 0 aliphatic heterocycles. The second-order valence-electron chi connectivity index (χ2n) is 5.20. The molecule has 4 nitrogen and oxygen atoms in total. The van der Waals surface area contributed by atoms with E-state index >= 15 is 0 Å². The van der Waals surface area contributed by atoms with Gasteiger partial charge in [-0.15, -0.1) is 0 Å². The zero-order valence-electron chi connectivity index (χ0n) is 12.9. The molecule has 0 aliphatic carbocycles. The van der Waals surface area contributed by atoms with Crippen LogP contribution in [-0.2, 0) is 0 Å². The van der Waals surface area contributed by atoms with Gasteiger partial charge in [0.1, 0.15) is 11.5 Å². The first-order chi connectivity index (χ1) is 11.0. The monoisotopic (exact) mass is 308 g/mol. The molecule has 0 fully saturated rings. The van der Waals surface area contributed by atoms with Gasteiger partial charge in [-0.3, -0.25) is 0 Å². The number of phenols is 2. The molecule has 0 unspecified atom stereocenters. The summed E-state index contributed by atoms with van der Waals surface area (Å²) in [6.45, 7) is 1.90. The molecule has 6 N–H and O–H groups in total. The molecule has 23 heavy (non-hydrogen) atoms. The van der Waals surface area contributed by atoms with Gasteiger partial charge in [0.05, 0.1) is 11.4 Å². The van der Waals surface area contributed by atoms with Crippen LogP contribution in [0.25, 0.3) is 11.1 Å². The fourth-order valence-electron chi connectivity index (χ4n) is 2.01. The van der Waals surface area contributed by atoms with Gasteiger partial charge in [0, 0.05) is 0 Å². The first-order valence-corrected chi connectivity index (χ1v) is 7.16. The van der Waals surface area contributed by atoms with E-state index in [0.717, 1.165) is 16.7 Å². The molecule has 0 heterocycles. The maximum absolute atomic E-state index is 9.44. The van der Waals surface area contributed by atoms with Gasteiger partial charge in [-0.1, -0.05) is 42.5 Å². The molecule has 3 aromatic carbocycles. The van der Waals surface area contributed by atoms with Crippen molar-refractivity contribution in [1.82, 2.24) is 0 Å². The van der Waals surface area contributed by atoms with Gasteiger partial charge >= 0.3 is 0 Å². The van der Waals surface area contributed by atoms with Crippen LogP contribution < -0.4 is 11.5 Å². The number of phenolic OH excluding ortho intramolecular Hbond substituents is 2. The van der Waals surface area contributed by atoms with E-state index in [9.17, 15) is 5.11 Å². The Hall–Kier alpha value is -3.14. The van der Waals surface area contributed by atoms with E-state index < -0.39 is 0 Å². The summed E-state index contributed by atoms with van der Waals surface area (Å²) < 4.78 is 0. The highest BCUT2D eigenvalue weighted by Crippen LogP contribution is 2.27. The van der Waals surface area contributed by atoms with E-state index in [1.54, 1.807) is 24.3 Å². The largest absolute Gasteiger partial charge is 0.506 e. The van der Waals surface area contributed by atoms with Crippen LogP contribution in [0.1, 0.15) is 5.56 Å². The minimum absolute atomic E-state index is 0.131. The molecular weight excluding hydrogens is 288 g/mol. The molecule has 0 bridgehead atoms. The third-order valence-corrected chi connectivity index (χ3v) is 3.32. The maximum atomic E-state index is 9.44. The van der Waals surface area contributed by atoms with Crippen molar-refractivity contribution in [2.24, 2.45) is 0 Å². The van der Waals surface area contributed by atoms with Crippen molar-refractivity contribution in [3.05, 3.63) is 72.3 Å². The molecule has 0 aromatic heterocycles. The van der Waals surface area contributed by atoms with E-state index in [2.05, 4.69) is 0 Å². The van der Waals surface area contributed by atoms with Crippen molar-refractivity contribution in [3.8, 4) is 22.6 Å². The summed E-state index contributed by atoms with van der Waals surface area (Å²) in [6, 6.07) is 20.3. The Labute approximate surface area is 135 Å². The zero-order valence-corrected chi connectivity index (χ0v) is 12.9. The fraction of sp³-hybridized carbons (Fsp3) is 0.0526. The average Bonchev–Trinajstić information content (AvgIpc) is 2.55. The molecule has 0 saturated carbocycles. The van der Waals surface area contributed by atoms with Crippen molar-refractivity contribution in [2.45, 2.75) is 6.92 Å². The minimum atomic E-state index is 0.131. The highest BCUT2D eigenvalue weighted by atomic mass is 16.3. The predicted molar refractivity (Wildman–Crippen MR) is 95.2 cm³/mol. The van der Waals surface area contributed by atoms with Gasteiger partial charge in [0.15, 0.2) is 0 Å². The second kappa shape index (κ2) is 7.22. The second-order valence-corrected chi connectivity index (χ2v) is 5.20. The zero-order chi connectivity index (χ0) is 16.8. The van der Waals surface area contributed by atoms with Gasteiger partial charge in [-0.05, 0) is 47.9 Å². The van der Waals surface area contributed by atoms with Gasteiger partial charge in [0.25, 0.3) is 0 Å². The van der Waals surface area contributed by atoms with Gasteiger partial charge in [0.2, 0.25) is 0 Å². The van der Waals surface area contributed by atoms with Gasteiger partial charge in [-0.25, -0.2) is 0 Å². The number of hydrogen-bond acceptors (Lipinski definition) is 4. The van der Waals surface area contributed by atoms with Crippen molar-refractivity contribution in [2.75, 3.05) is 11.5 Å². The third kappa shape index (κ3) is 4.41. The van der Waals surface area contributed by atoms with Crippen LogP contribution in [-0.4, -0.2) is 10.2 Å². The van der Waals surface area contributed by atoms with Gasteiger partial charge in [-0.2, -0.15) is 0 Å². The number of nitrogen functional groups attached to an aromatic ring is 2. The van der Waals surface area contributed by atoms with Crippen LogP contribution in [0.15, 0.2) is 66.7 Å². The van der Waals surface area contributed by atoms with Crippen molar-refractivity contribution < 1.29 is 10.2 Å². The number of nitrogens with two attached hydrogens (primary N) is 2. The lowest BCUT2D eigenvalue weighted by molar-refractivity contribution is 0.477. The summed E-state index contributed by atoms with van der Waals surface area (Å²) in [5, 5.41) is 18.4. The Balaban J connectivity index is 0.000000185. The average molecular weight is 308 g/mol. The summed E-state index contributed by atoms with van der Waals surface area (Å²) >= 11 is 0. The summed E-state index contributed by atoms with van der Waals surface area (Å²) in [4.78, 5) is 0. The van der Waals surface area contributed by atoms with E-state index in [1.807, 2.05) is 49.4 Å². The number of aromatic hydroxyl groups is 2. The van der Waals surface area contributed by atoms with Crippen molar-refractivity contribution in [3.63, 3.8) is 0 Å². The Kier molecular flexibility index (Phi) is 5.10. The first kappa shape index (κ1) is 16.2. The highest BCUT2D eigenvalue weighted by molar-refractivity contribution is 5.69. The molecule has 0 atom stereocenters. The standard InChI is InChI=1S/C12H11NO.C7H9NO/c13-11-7-6-10(8-12(11)14)9-4-2-1-3-5-9;1-5-2-3-6(8)7(9)4-5/h1-8,14H,13H2;2-4,9H,8H2,1H3. The Morgan fingerprint density at radius 3 is 1.74 bits per heavy atom. The summed E-state index contributed by atoms with van der Waals surface area (Å²) in [6.07, 6.45) is 0. The quantitative estimate of drug-likeness (QED) is 0.405. The lowest BCUT2D eigenvalue weighted by Gasteiger charge is -2.03. The number of anilines is 2. The highest BCUT2D eigenvalue weighted by Gasteiger charge is 2.00. The normalized spacial score (nSPS) is 9.78. The number of aryl methyl sites for hydroxylation is 1. The first-order valence-electron chi connectivity index (χ1n) is 7.16. The summed E-state index contributed by atoms with van der Waals surface area (Å²) in [5.41, 5.74) is 14.8. The van der Waals surface area contributed by atoms with Crippen molar-refractivity contribution >= 4 is 11.4 Å². The number of hydrogen-bond donors (Lipinski definition) is 4. The lowest BCUT2D eigenvalue weighted by atomic mass is 10.1. The van der Waals surface area contributed by atoms with Crippen molar-refractivity contribution in [1.29, 1.82) is 0 Å². The predicted octanol–water partition coefficient (Wildman–Crippen LogP) is 3.92. The molecule has 0 amide bonds. The summed E-state index contributed by atoms with van der Waals surface area (Å²) in [7, 11) is 0. The molecule has 0 radical (unpaired) electrons. The maximum Gasteiger partial charge on any atom is 0.139 e. The Morgan fingerprint density at radius 1 is 0.652 bits per heavy atom. The molecule has 118 valence electrons. The van der Waals surface area contributed by atoms with Crippen LogP contribution in [0.4, 0.5) is 11.4 Å². The smallest absolute Gasteiger partial charge is 0.139 e. The molecule has 0 saturated heterocycles. The molecule has 0 spiro atoms. The van der Waals surface area contributed by atoms with Crippen LogP contribution in [0.5, 0.6) is 11.5 Å². The summed E-state index contributed by atoms with van der Waals surface area (Å²) in [5.74, 6) is 0.293. The van der Waals surface area contributed by atoms with E-state index in [1.165, 1.54) is 0 Å². The van der Waals surface area contributed by atoms with E-state index in [0.29, 0.717) is 11.4 Å².